The second-order valence-corrected chi connectivity index (χ2v) is 10.5. The number of aromatic nitrogens is 1. The fraction of sp³-hybridized carbons (Fsp3) is 0.375. The molecule has 2 aromatic heterocycles. The van der Waals surface area contributed by atoms with Crippen LogP contribution < -0.4 is 10.6 Å². The maximum atomic E-state index is 12.7. The first kappa shape index (κ1) is 23.1. The van der Waals surface area contributed by atoms with Crippen molar-refractivity contribution in [2.45, 2.75) is 37.7 Å². The Balaban J connectivity index is 1.07. The molecule has 3 aromatic rings. The summed E-state index contributed by atoms with van der Waals surface area (Å²) in [6.45, 7) is 2.46. The van der Waals surface area contributed by atoms with Crippen LogP contribution in [0.15, 0.2) is 48.0 Å². The number of ether oxygens (including phenoxy) is 1. The van der Waals surface area contributed by atoms with E-state index in [1.54, 1.807) is 29.7 Å². The normalized spacial score (nSPS) is 20.3. The van der Waals surface area contributed by atoms with E-state index in [4.69, 9.17) is 9.84 Å². The molecule has 3 N–H and O–H groups in total. The number of anilines is 1. The predicted octanol–water partition coefficient (Wildman–Crippen LogP) is 2.82. The molecule has 0 aliphatic carbocycles. The van der Waals surface area contributed by atoms with Crippen LogP contribution in [0.3, 0.4) is 0 Å². The van der Waals surface area contributed by atoms with Gasteiger partial charge in [-0.3, -0.25) is 9.59 Å². The van der Waals surface area contributed by atoms with Gasteiger partial charge in [0.2, 0.25) is 5.91 Å². The average molecular weight is 499 g/mol. The Hall–Kier alpha value is -2.63. The van der Waals surface area contributed by atoms with Gasteiger partial charge in [-0.1, -0.05) is 24.3 Å². The number of amides is 2. The molecule has 0 spiro atoms. The number of hydrogen-bond donors (Lipinski definition) is 3. The number of benzene rings is 1. The van der Waals surface area contributed by atoms with Gasteiger partial charge < -0.3 is 25.4 Å². The summed E-state index contributed by atoms with van der Waals surface area (Å²) >= 11 is 2.93. The lowest BCUT2D eigenvalue weighted by molar-refractivity contribution is -0.118. The smallest absolute Gasteiger partial charge is 0.264 e. The monoisotopic (exact) mass is 498 g/mol. The SMILES string of the molecule is O=C(Nc1ccc(C(=O)N2CC(c3nccs3)C2)s1)[C@@H]1C[C@@H](OCc2ccc(CO)cc2)CN1. The topological polar surface area (TPSA) is 104 Å². The van der Waals surface area contributed by atoms with Crippen LogP contribution in [0.4, 0.5) is 5.00 Å². The zero-order valence-corrected chi connectivity index (χ0v) is 20.1. The lowest BCUT2D eigenvalue weighted by Crippen LogP contribution is -2.48. The van der Waals surface area contributed by atoms with E-state index >= 15 is 0 Å². The van der Waals surface area contributed by atoms with E-state index in [1.807, 2.05) is 34.5 Å². The Morgan fingerprint density at radius 3 is 2.71 bits per heavy atom. The van der Waals surface area contributed by atoms with E-state index in [2.05, 4.69) is 15.6 Å². The summed E-state index contributed by atoms with van der Waals surface area (Å²) in [7, 11) is 0. The van der Waals surface area contributed by atoms with Gasteiger partial charge in [-0.25, -0.2) is 4.98 Å². The van der Waals surface area contributed by atoms with Gasteiger partial charge in [-0.2, -0.15) is 0 Å². The minimum absolute atomic E-state index is 0.00205. The van der Waals surface area contributed by atoms with Gasteiger partial charge in [0.05, 0.1) is 40.2 Å². The first-order valence-electron chi connectivity index (χ1n) is 11.2. The number of thiazole rings is 1. The number of aliphatic hydroxyl groups is 1. The molecule has 34 heavy (non-hydrogen) atoms. The summed E-state index contributed by atoms with van der Waals surface area (Å²) in [5.74, 6) is 0.205. The van der Waals surface area contributed by atoms with E-state index < -0.39 is 0 Å². The number of carbonyl (C=O) groups is 2. The average Bonchev–Trinajstić information content (AvgIpc) is 3.59. The minimum atomic E-state index is -0.336. The summed E-state index contributed by atoms with van der Waals surface area (Å²) in [5, 5.41) is 19.0. The quantitative estimate of drug-likeness (QED) is 0.441. The highest BCUT2D eigenvalue weighted by molar-refractivity contribution is 7.18. The van der Waals surface area contributed by atoms with Crippen molar-refractivity contribution in [2.75, 3.05) is 25.0 Å². The molecule has 2 saturated heterocycles. The number of thiophene rings is 1. The molecule has 0 bridgehead atoms. The third kappa shape index (κ3) is 5.21. The molecule has 8 nitrogen and oxygen atoms in total. The molecule has 5 rings (SSSR count). The molecule has 0 unspecified atom stereocenters. The molecular weight excluding hydrogens is 472 g/mol. The van der Waals surface area contributed by atoms with Crippen molar-refractivity contribution < 1.29 is 19.4 Å². The van der Waals surface area contributed by atoms with Crippen molar-refractivity contribution in [1.29, 1.82) is 0 Å². The fourth-order valence-corrected chi connectivity index (χ4v) is 5.71. The summed E-state index contributed by atoms with van der Waals surface area (Å²) in [6, 6.07) is 10.9. The number of nitrogens with one attached hydrogen (secondary N) is 2. The van der Waals surface area contributed by atoms with Crippen LogP contribution in [-0.2, 0) is 22.7 Å². The molecular formula is C24H26N4O4S2. The van der Waals surface area contributed by atoms with Crippen molar-refractivity contribution in [2.24, 2.45) is 0 Å². The van der Waals surface area contributed by atoms with Gasteiger partial charge in [0.15, 0.2) is 0 Å². The lowest BCUT2D eigenvalue weighted by Gasteiger charge is -2.37. The first-order valence-corrected chi connectivity index (χ1v) is 12.9. The molecule has 10 heteroatoms. The zero-order chi connectivity index (χ0) is 23.5. The highest BCUT2D eigenvalue weighted by Crippen LogP contribution is 2.32. The van der Waals surface area contributed by atoms with Gasteiger partial charge in [0.1, 0.15) is 0 Å². The summed E-state index contributed by atoms with van der Waals surface area (Å²) < 4.78 is 5.95. The molecule has 2 amide bonds. The number of nitrogens with zero attached hydrogens (tertiary/aromatic N) is 2. The van der Waals surface area contributed by atoms with Crippen molar-refractivity contribution >= 4 is 39.5 Å². The van der Waals surface area contributed by atoms with Crippen LogP contribution >= 0.6 is 22.7 Å². The highest BCUT2D eigenvalue weighted by atomic mass is 32.1. The van der Waals surface area contributed by atoms with Crippen LogP contribution in [-0.4, -0.2) is 58.6 Å². The van der Waals surface area contributed by atoms with E-state index in [0.717, 1.165) is 16.1 Å². The fourth-order valence-electron chi connectivity index (χ4n) is 4.11. The van der Waals surface area contributed by atoms with Crippen LogP contribution in [0.25, 0.3) is 0 Å². The van der Waals surface area contributed by atoms with Gasteiger partial charge in [-0.05, 0) is 29.7 Å². The van der Waals surface area contributed by atoms with E-state index in [-0.39, 0.29) is 30.6 Å². The van der Waals surface area contributed by atoms with Gasteiger partial charge in [-0.15, -0.1) is 22.7 Å². The van der Waals surface area contributed by atoms with Gasteiger partial charge in [0.25, 0.3) is 5.91 Å². The Labute approximate surface area is 205 Å². The van der Waals surface area contributed by atoms with Gasteiger partial charge >= 0.3 is 0 Å². The summed E-state index contributed by atoms with van der Waals surface area (Å²) in [6.07, 6.45) is 2.33. The molecule has 4 heterocycles. The van der Waals surface area contributed by atoms with Gasteiger partial charge in [0, 0.05) is 37.1 Å². The predicted molar refractivity (Wildman–Crippen MR) is 131 cm³/mol. The third-order valence-electron chi connectivity index (χ3n) is 6.13. The molecule has 2 aliphatic rings. The second kappa shape index (κ2) is 10.3. The van der Waals surface area contributed by atoms with Crippen LogP contribution in [0.5, 0.6) is 0 Å². The Morgan fingerprint density at radius 1 is 1.18 bits per heavy atom. The van der Waals surface area contributed by atoms with Crippen molar-refractivity contribution in [1.82, 2.24) is 15.2 Å². The van der Waals surface area contributed by atoms with Crippen LogP contribution in [0, 0.1) is 0 Å². The summed E-state index contributed by atoms with van der Waals surface area (Å²) in [4.78, 5) is 32.2. The first-order chi connectivity index (χ1) is 16.6. The number of rotatable bonds is 8. The number of hydrogen-bond acceptors (Lipinski definition) is 8. The van der Waals surface area contributed by atoms with E-state index in [9.17, 15) is 9.59 Å². The van der Waals surface area contributed by atoms with Crippen molar-refractivity contribution in [3.05, 3.63) is 69.0 Å². The lowest BCUT2D eigenvalue weighted by atomic mass is 10.0. The maximum Gasteiger partial charge on any atom is 0.264 e. The zero-order valence-electron chi connectivity index (χ0n) is 18.5. The second-order valence-electron chi connectivity index (χ2n) is 8.53. The molecule has 1 aromatic carbocycles. The van der Waals surface area contributed by atoms with E-state index in [0.29, 0.717) is 48.5 Å². The summed E-state index contributed by atoms with van der Waals surface area (Å²) in [5.41, 5.74) is 1.90. The third-order valence-corrected chi connectivity index (χ3v) is 8.06. The Bertz CT molecular complexity index is 1130. The molecule has 2 fully saturated rings. The minimum Gasteiger partial charge on any atom is -0.392 e. The highest BCUT2D eigenvalue weighted by Gasteiger charge is 2.34. The molecule has 0 radical (unpaired) electrons. The molecule has 0 saturated carbocycles. The Morgan fingerprint density at radius 2 is 1.97 bits per heavy atom. The van der Waals surface area contributed by atoms with E-state index in [1.165, 1.54) is 11.3 Å². The number of carbonyl (C=O) groups excluding carboxylic acids is 2. The molecule has 178 valence electrons. The van der Waals surface area contributed by atoms with Crippen LogP contribution in [0.1, 0.15) is 38.1 Å². The number of aliphatic hydroxyl groups excluding tert-OH is 1. The Kier molecular flexibility index (Phi) is 7.02. The van der Waals surface area contributed by atoms with Crippen molar-refractivity contribution in [3.8, 4) is 0 Å². The largest absolute Gasteiger partial charge is 0.392 e. The molecule has 2 atom stereocenters. The van der Waals surface area contributed by atoms with Crippen LogP contribution in [0.2, 0.25) is 0 Å². The standard InChI is InChI=1S/C24H26N4O4S2/c29-13-15-1-3-16(4-2-15)14-32-18-9-19(26-10-18)22(30)27-21-6-5-20(34-21)24(31)28-11-17(12-28)23-25-7-8-33-23/h1-8,17-19,26,29H,9-14H2,(H,27,30)/t18-,19+/m1/s1. The van der Waals surface area contributed by atoms with Crippen molar-refractivity contribution in [3.63, 3.8) is 0 Å². The maximum absolute atomic E-state index is 12.7. The molecule has 2 aliphatic heterocycles. The number of likely N-dealkylation sites (tertiary alicyclic amines) is 1.